The van der Waals surface area contributed by atoms with E-state index in [0.717, 1.165) is 18.4 Å². The molecule has 0 aliphatic heterocycles. The fourth-order valence-electron chi connectivity index (χ4n) is 0.905. The average Bonchev–Trinajstić information content (AvgIpc) is 2.86. The van der Waals surface area contributed by atoms with Gasteiger partial charge < -0.3 is 4.74 Å². The maximum Gasteiger partial charge on any atom is 0.223 e. The first-order valence-electron chi connectivity index (χ1n) is 4.04. The van der Waals surface area contributed by atoms with E-state index in [1.165, 1.54) is 0 Å². The minimum absolute atomic E-state index is 0.167. The van der Waals surface area contributed by atoms with E-state index < -0.39 is 0 Å². The summed E-state index contributed by atoms with van der Waals surface area (Å²) in [7, 11) is 0. The van der Waals surface area contributed by atoms with E-state index in [1.807, 2.05) is 0 Å². The van der Waals surface area contributed by atoms with Crippen LogP contribution in [0.25, 0.3) is 0 Å². The van der Waals surface area contributed by atoms with Gasteiger partial charge in [-0.3, -0.25) is 0 Å². The molecule has 1 aliphatic carbocycles. The smallest absolute Gasteiger partial charge is 0.223 e. The molecule has 0 amide bonds. The van der Waals surface area contributed by atoms with Gasteiger partial charge in [0.2, 0.25) is 5.28 Å². The molecule has 0 saturated heterocycles. The number of aromatic nitrogens is 2. The highest BCUT2D eigenvalue weighted by Gasteiger charge is 2.22. The van der Waals surface area contributed by atoms with Gasteiger partial charge in [-0.25, -0.2) is 9.97 Å². The first-order chi connectivity index (χ1) is 6.25. The largest absolute Gasteiger partial charge is 0.373 e. The van der Waals surface area contributed by atoms with Crippen molar-refractivity contribution in [3.8, 4) is 0 Å². The van der Waals surface area contributed by atoms with Gasteiger partial charge in [-0.2, -0.15) is 0 Å². The molecule has 0 unspecified atom stereocenters. The zero-order valence-electron chi connectivity index (χ0n) is 6.83. The summed E-state index contributed by atoms with van der Waals surface area (Å²) in [5.74, 6) is 0. The van der Waals surface area contributed by atoms with Crippen molar-refractivity contribution in [1.29, 1.82) is 0 Å². The zero-order chi connectivity index (χ0) is 9.26. The second kappa shape index (κ2) is 3.78. The zero-order valence-corrected chi connectivity index (χ0v) is 8.35. The van der Waals surface area contributed by atoms with Gasteiger partial charge in [0.15, 0.2) is 0 Å². The van der Waals surface area contributed by atoms with E-state index in [9.17, 15) is 0 Å². The third-order valence-electron chi connectivity index (χ3n) is 1.78. The molecule has 1 fully saturated rings. The highest BCUT2D eigenvalue weighted by molar-refractivity contribution is 6.32. The Labute approximate surface area is 86.0 Å². The maximum atomic E-state index is 5.82. The Morgan fingerprint density at radius 3 is 2.85 bits per heavy atom. The Kier molecular flexibility index (Phi) is 2.67. The molecule has 0 atom stereocenters. The van der Waals surface area contributed by atoms with Gasteiger partial charge in [0.1, 0.15) is 5.15 Å². The predicted octanol–water partition coefficient (Wildman–Crippen LogP) is 2.46. The molecular weight excluding hydrogens is 211 g/mol. The van der Waals surface area contributed by atoms with Crippen LogP contribution in [0.4, 0.5) is 0 Å². The molecule has 0 N–H and O–H groups in total. The van der Waals surface area contributed by atoms with Gasteiger partial charge in [0.05, 0.1) is 12.7 Å². The highest BCUT2D eigenvalue weighted by Crippen LogP contribution is 2.25. The SMILES string of the molecule is Clc1ncc(COC2CC2)c(Cl)n1. The van der Waals surface area contributed by atoms with Gasteiger partial charge in [0.25, 0.3) is 0 Å². The van der Waals surface area contributed by atoms with E-state index in [0.29, 0.717) is 17.9 Å². The predicted molar refractivity (Wildman–Crippen MR) is 49.9 cm³/mol. The van der Waals surface area contributed by atoms with Gasteiger partial charge >= 0.3 is 0 Å². The van der Waals surface area contributed by atoms with Crippen molar-refractivity contribution in [1.82, 2.24) is 9.97 Å². The Hall–Kier alpha value is -0.380. The van der Waals surface area contributed by atoms with E-state index in [2.05, 4.69) is 9.97 Å². The fourth-order valence-corrected chi connectivity index (χ4v) is 1.27. The normalized spacial score (nSPS) is 16.2. The van der Waals surface area contributed by atoms with Crippen molar-refractivity contribution in [2.24, 2.45) is 0 Å². The van der Waals surface area contributed by atoms with Crippen molar-refractivity contribution in [2.45, 2.75) is 25.6 Å². The summed E-state index contributed by atoms with van der Waals surface area (Å²) in [6.07, 6.45) is 4.30. The molecule has 2 rings (SSSR count). The molecular formula is C8H8Cl2N2O. The van der Waals surface area contributed by atoms with Crippen LogP contribution in [0.5, 0.6) is 0 Å². The summed E-state index contributed by atoms with van der Waals surface area (Å²) in [4.78, 5) is 7.64. The van der Waals surface area contributed by atoms with Crippen LogP contribution >= 0.6 is 23.2 Å². The lowest BCUT2D eigenvalue weighted by Gasteiger charge is -2.03. The van der Waals surface area contributed by atoms with Crippen LogP contribution in [0.1, 0.15) is 18.4 Å². The van der Waals surface area contributed by atoms with Gasteiger partial charge in [-0.1, -0.05) is 11.6 Å². The van der Waals surface area contributed by atoms with Crippen LogP contribution in [0.15, 0.2) is 6.20 Å². The van der Waals surface area contributed by atoms with Gasteiger partial charge in [-0.15, -0.1) is 0 Å². The van der Waals surface area contributed by atoms with Crippen molar-refractivity contribution in [3.63, 3.8) is 0 Å². The third kappa shape index (κ3) is 2.53. The van der Waals surface area contributed by atoms with E-state index in [-0.39, 0.29) is 5.28 Å². The minimum Gasteiger partial charge on any atom is -0.373 e. The Balaban J connectivity index is 2.01. The van der Waals surface area contributed by atoms with E-state index in [1.54, 1.807) is 6.20 Å². The number of ether oxygens (including phenoxy) is 1. The monoisotopic (exact) mass is 218 g/mol. The summed E-state index contributed by atoms with van der Waals surface area (Å²) in [5, 5.41) is 0.542. The van der Waals surface area contributed by atoms with Crippen LogP contribution in [-0.2, 0) is 11.3 Å². The Morgan fingerprint density at radius 1 is 1.46 bits per heavy atom. The lowest BCUT2D eigenvalue weighted by molar-refractivity contribution is 0.105. The first kappa shape index (κ1) is 9.19. The third-order valence-corrected chi connectivity index (χ3v) is 2.29. The molecule has 3 nitrogen and oxygen atoms in total. The number of nitrogens with zero attached hydrogens (tertiary/aromatic N) is 2. The van der Waals surface area contributed by atoms with Crippen LogP contribution in [0.2, 0.25) is 10.4 Å². The van der Waals surface area contributed by atoms with Crippen molar-refractivity contribution in [2.75, 3.05) is 0 Å². The highest BCUT2D eigenvalue weighted by atomic mass is 35.5. The molecule has 0 bridgehead atoms. The molecule has 1 heterocycles. The molecule has 0 spiro atoms. The van der Waals surface area contributed by atoms with Gasteiger partial charge in [0, 0.05) is 11.8 Å². The molecule has 1 saturated carbocycles. The Bertz CT molecular complexity index is 315. The molecule has 5 heteroatoms. The summed E-state index contributed by atoms with van der Waals surface area (Å²) in [6.45, 7) is 0.473. The summed E-state index contributed by atoms with van der Waals surface area (Å²) in [6, 6.07) is 0. The Morgan fingerprint density at radius 2 is 2.23 bits per heavy atom. The number of halogens is 2. The van der Waals surface area contributed by atoms with E-state index in [4.69, 9.17) is 27.9 Å². The quantitative estimate of drug-likeness (QED) is 0.578. The molecule has 1 aromatic rings. The van der Waals surface area contributed by atoms with Gasteiger partial charge in [-0.05, 0) is 24.4 Å². The lowest BCUT2D eigenvalue weighted by Crippen LogP contribution is -1.98. The maximum absolute atomic E-state index is 5.82. The van der Waals surface area contributed by atoms with Crippen LogP contribution in [0.3, 0.4) is 0 Å². The number of rotatable bonds is 3. The second-order valence-electron chi connectivity index (χ2n) is 2.97. The molecule has 1 aliphatic rings. The number of hydrogen-bond donors (Lipinski definition) is 0. The average molecular weight is 219 g/mol. The van der Waals surface area contributed by atoms with Crippen LogP contribution < -0.4 is 0 Å². The lowest BCUT2D eigenvalue weighted by atomic mass is 10.4. The molecule has 0 aromatic carbocycles. The van der Waals surface area contributed by atoms with Crippen LogP contribution in [-0.4, -0.2) is 16.1 Å². The first-order valence-corrected chi connectivity index (χ1v) is 4.80. The second-order valence-corrected chi connectivity index (χ2v) is 3.66. The fraction of sp³-hybridized carbons (Fsp3) is 0.500. The molecule has 1 aromatic heterocycles. The standard InChI is InChI=1S/C8H8Cl2N2O/c9-7-5(3-11-8(10)12-7)4-13-6-1-2-6/h3,6H,1-2,4H2. The number of hydrogen-bond acceptors (Lipinski definition) is 3. The summed E-state index contributed by atoms with van der Waals surface area (Å²) < 4.78 is 5.45. The van der Waals surface area contributed by atoms with Crippen molar-refractivity contribution < 1.29 is 4.74 Å². The van der Waals surface area contributed by atoms with E-state index >= 15 is 0 Å². The molecule has 0 radical (unpaired) electrons. The minimum atomic E-state index is 0.167. The van der Waals surface area contributed by atoms with Crippen molar-refractivity contribution in [3.05, 3.63) is 22.2 Å². The summed E-state index contributed by atoms with van der Waals surface area (Å²) in [5.41, 5.74) is 0.790. The molecule has 70 valence electrons. The van der Waals surface area contributed by atoms with Crippen LogP contribution in [0, 0.1) is 0 Å². The molecule has 13 heavy (non-hydrogen) atoms. The van der Waals surface area contributed by atoms with Crippen molar-refractivity contribution >= 4 is 23.2 Å². The summed E-state index contributed by atoms with van der Waals surface area (Å²) >= 11 is 11.4. The topological polar surface area (TPSA) is 35.0 Å².